The third kappa shape index (κ3) is 2.87. The quantitative estimate of drug-likeness (QED) is 0.916. The maximum atomic E-state index is 12.3. The number of rotatable bonds is 3. The molecular formula is C19H20N2O2. The van der Waals surface area contributed by atoms with E-state index in [2.05, 4.69) is 10.6 Å². The largest absolute Gasteiger partial charge is 0.367 e. The van der Waals surface area contributed by atoms with Crippen molar-refractivity contribution in [1.29, 1.82) is 0 Å². The van der Waals surface area contributed by atoms with Crippen LogP contribution in [-0.4, -0.2) is 24.6 Å². The van der Waals surface area contributed by atoms with Crippen molar-refractivity contribution in [3.05, 3.63) is 65.2 Å². The highest BCUT2D eigenvalue weighted by atomic mass is 16.5. The van der Waals surface area contributed by atoms with Gasteiger partial charge in [-0.25, -0.2) is 0 Å². The zero-order valence-corrected chi connectivity index (χ0v) is 13.1. The molecule has 4 rings (SSSR count). The van der Waals surface area contributed by atoms with E-state index in [-0.39, 0.29) is 12.0 Å². The van der Waals surface area contributed by atoms with Crippen molar-refractivity contribution >= 4 is 11.6 Å². The monoisotopic (exact) mass is 308 g/mol. The highest BCUT2D eigenvalue weighted by Gasteiger charge is 2.41. The van der Waals surface area contributed by atoms with Gasteiger partial charge >= 0.3 is 0 Å². The van der Waals surface area contributed by atoms with Crippen LogP contribution in [-0.2, 0) is 4.74 Å². The van der Waals surface area contributed by atoms with Crippen LogP contribution in [0.4, 0.5) is 5.69 Å². The number of amides is 1. The number of aryl methyl sites for hydroxylation is 1. The molecule has 4 nitrogen and oxygen atoms in total. The molecule has 0 aromatic heterocycles. The van der Waals surface area contributed by atoms with Crippen molar-refractivity contribution in [1.82, 2.24) is 5.32 Å². The van der Waals surface area contributed by atoms with E-state index in [1.807, 2.05) is 55.5 Å². The fourth-order valence-corrected chi connectivity index (χ4v) is 3.34. The predicted octanol–water partition coefficient (Wildman–Crippen LogP) is 3.05. The minimum Gasteiger partial charge on any atom is -0.367 e. The second-order valence-electron chi connectivity index (χ2n) is 6.37. The molecular weight excluding hydrogens is 288 g/mol. The number of ether oxygens (including phenoxy) is 1. The Morgan fingerprint density at radius 2 is 1.87 bits per heavy atom. The molecule has 4 heteroatoms. The lowest BCUT2D eigenvalue weighted by molar-refractivity contribution is 0.0160. The molecule has 2 aliphatic heterocycles. The van der Waals surface area contributed by atoms with E-state index in [9.17, 15) is 4.79 Å². The van der Waals surface area contributed by atoms with Gasteiger partial charge in [0.15, 0.2) is 0 Å². The molecule has 3 unspecified atom stereocenters. The van der Waals surface area contributed by atoms with Crippen LogP contribution in [0.1, 0.15) is 34.0 Å². The predicted molar refractivity (Wildman–Crippen MR) is 89.6 cm³/mol. The fraction of sp³-hybridized carbons (Fsp3) is 0.316. The van der Waals surface area contributed by atoms with Crippen molar-refractivity contribution in [2.24, 2.45) is 0 Å². The van der Waals surface area contributed by atoms with Crippen LogP contribution in [0.25, 0.3) is 0 Å². The van der Waals surface area contributed by atoms with E-state index in [1.54, 1.807) is 0 Å². The van der Waals surface area contributed by atoms with E-state index in [0.717, 1.165) is 24.2 Å². The summed E-state index contributed by atoms with van der Waals surface area (Å²) >= 11 is 0. The highest BCUT2D eigenvalue weighted by Crippen LogP contribution is 2.36. The Bertz CT molecular complexity index is 709. The molecule has 118 valence electrons. The van der Waals surface area contributed by atoms with E-state index >= 15 is 0 Å². The lowest BCUT2D eigenvalue weighted by Crippen LogP contribution is -2.34. The van der Waals surface area contributed by atoms with Gasteiger partial charge in [0.2, 0.25) is 0 Å². The zero-order chi connectivity index (χ0) is 15.8. The minimum atomic E-state index is -0.0904. The summed E-state index contributed by atoms with van der Waals surface area (Å²) < 4.78 is 5.99. The van der Waals surface area contributed by atoms with Gasteiger partial charge in [0.25, 0.3) is 5.91 Å². The van der Waals surface area contributed by atoms with Gasteiger partial charge in [-0.1, -0.05) is 29.8 Å². The topological polar surface area (TPSA) is 50.4 Å². The molecule has 3 atom stereocenters. The van der Waals surface area contributed by atoms with Gasteiger partial charge in [0.05, 0.1) is 12.2 Å². The molecule has 2 heterocycles. The number of fused-ring (bicyclic) bond motifs is 2. The lowest BCUT2D eigenvalue weighted by Gasteiger charge is -2.23. The van der Waals surface area contributed by atoms with E-state index in [0.29, 0.717) is 17.7 Å². The first-order valence-electron chi connectivity index (χ1n) is 8.06. The summed E-state index contributed by atoms with van der Waals surface area (Å²) in [7, 11) is 0. The number of morpholine rings is 1. The van der Waals surface area contributed by atoms with Crippen LogP contribution in [0, 0.1) is 6.92 Å². The molecule has 23 heavy (non-hydrogen) atoms. The summed E-state index contributed by atoms with van der Waals surface area (Å²) in [6.45, 7) is 2.98. The summed E-state index contributed by atoms with van der Waals surface area (Å²) in [5.41, 5.74) is 3.78. The van der Waals surface area contributed by atoms with Gasteiger partial charge < -0.3 is 15.4 Å². The molecule has 2 N–H and O–H groups in total. The van der Waals surface area contributed by atoms with E-state index < -0.39 is 0 Å². The van der Waals surface area contributed by atoms with Gasteiger partial charge in [-0.2, -0.15) is 0 Å². The molecule has 0 spiro atoms. The SMILES string of the molecule is Cc1ccc(NC(=O)c2ccc(C3OC4CNC3C4)cc2)cc1. The Labute approximate surface area is 135 Å². The lowest BCUT2D eigenvalue weighted by atomic mass is 10.0. The number of carbonyl (C=O) groups is 1. The minimum absolute atomic E-state index is 0.0904. The van der Waals surface area contributed by atoms with Crippen molar-refractivity contribution in [3.8, 4) is 0 Å². The highest BCUT2D eigenvalue weighted by molar-refractivity contribution is 6.04. The fourth-order valence-electron chi connectivity index (χ4n) is 3.34. The van der Waals surface area contributed by atoms with Crippen molar-refractivity contribution in [2.45, 2.75) is 31.6 Å². The summed E-state index contributed by atoms with van der Waals surface area (Å²) in [6, 6.07) is 15.9. The number of hydrogen-bond acceptors (Lipinski definition) is 3. The van der Waals surface area contributed by atoms with Crippen LogP contribution in [0.3, 0.4) is 0 Å². The average Bonchev–Trinajstić information content (AvgIpc) is 3.20. The van der Waals surface area contributed by atoms with Crippen molar-refractivity contribution in [2.75, 3.05) is 11.9 Å². The Kier molecular flexibility index (Phi) is 3.63. The third-order valence-corrected chi connectivity index (χ3v) is 4.64. The van der Waals surface area contributed by atoms with Crippen LogP contribution < -0.4 is 10.6 Å². The standard InChI is InChI=1S/C19H20N2O2/c1-12-2-8-15(9-3-12)21-19(22)14-6-4-13(5-7-14)18-17-10-16(23-18)11-20-17/h2-9,16-18,20H,10-11H2,1H3,(H,21,22). The van der Waals surface area contributed by atoms with E-state index in [4.69, 9.17) is 4.74 Å². The molecule has 0 saturated carbocycles. The summed E-state index contributed by atoms with van der Waals surface area (Å²) in [6.07, 6.45) is 1.54. The van der Waals surface area contributed by atoms with Gasteiger partial charge in [-0.3, -0.25) is 4.79 Å². The Hall–Kier alpha value is -2.17. The van der Waals surface area contributed by atoms with Crippen LogP contribution in [0.5, 0.6) is 0 Å². The molecule has 2 aliphatic rings. The maximum absolute atomic E-state index is 12.3. The maximum Gasteiger partial charge on any atom is 0.255 e. The van der Waals surface area contributed by atoms with Gasteiger partial charge in [-0.15, -0.1) is 0 Å². The summed E-state index contributed by atoms with van der Waals surface area (Å²) in [5, 5.41) is 6.39. The molecule has 2 saturated heterocycles. The van der Waals surface area contributed by atoms with Gasteiger partial charge in [0, 0.05) is 23.8 Å². The first kappa shape index (κ1) is 14.4. The van der Waals surface area contributed by atoms with Crippen molar-refractivity contribution in [3.63, 3.8) is 0 Å². The van der Waals surface area contributed by atoms with E-state index in [1.165, 1.54) is 5.56 Å². The number of carbonyl (C=O) groups excluding carboxylic acids is 1. The molecule has 2 bridgehead atoms. The van der Waals surface area contributed by atoms with Crippen molar-refractivity contribution < 1.29 is 9.53 Å². The molecule has 0 radical (unpaired) electrons. The first-order valence-corrected chi connectivity index (χ1v) is 8.06. The first-order chi connectivity index (χ1) is 11.2. The second-order valence-corrected chi connectivity index (χ2v) is 6.37. The summed E-state index contributed by atoms with van der Waals surface area (Å²) in [4.78, 5) is 12.3. The second kappa shape index (κ2) is 5.80. The molecule has 1 amide bonds. The smallest absolute Gasteiger partial charge is 0.255 e. The molecule has 0 aliphatic carbocycles. The van der Waals surface area contributed by atoms with Crippen LogP contribution in [0.15, 0.2) is 48.5 Å². The number of anilines is 1. The zero-order valence-electron chi connectivity index (χ0n) is 13.1. The summed E-state index contributed by atoms with van der Waals surface area (Å²) in [5.74, 6) is -0.0904. The van der Waals surface area contributed by atoms with Crippen LogP contribution >= 0.6 is 0 Å². The van der Waals surface area contributed by atoms with Gasteiger partial charge in [0.1, 0.15) is 0 Å². The molecule has 2 fully saturated rings. The Morgan fingerprint density at radius 1 is 1.13 bits per heavy atom. The average molecular weight is 308 g/mol. The third-order valence-electron chi connectivity index (χ3n) is 4.64. The number of nitrogens with one attached hydrogen (secondary N) is 2. The number of benzene rings is 2. The molecule has 2 aromatic rings. The number of hydrogen-bond donors (Lipinski definition) is 2. The molecule has 2 aromatic carbocycles. The Balaban J connectivity index is 1.45. The Morgan fingerprint density at radius 3 is 2.48 bits per heavy atom. The normalized spacial score (nSPS) is 25.5. The van der Waals surface area contributed by atoms with Crippen LogP contribution in [0.2, 0.25) is 0 Å². The van der Waals surface area contributed by atoms with Gasteiger partial charge in [-0.05, 0) is 43.2 Å².